The van der Waals surface area contributed by atoms with Crippen LogP contribution in [0, 0.1) is 0 Å². The highest BCUT2D eigenvalue weighted by atomic mass is 16.5. The summed E-state index contributed by atoms with van der Waals surface area (Å²) in [7, 11) is 2.07. The van der Waals surface area contributed by atoms with Crippen LogP contribution in [0.4, 0.5) is 0 Å². The molecule has 3 rings (SSSR count). The predicted molar refractivity (Wildman–Crippen MR) is 74.1 cm³/mol. The summed E-state index contributed by atoms with van der Waals surface area (Å²) in [4.78, 5) is 2.65. The third-order valence-electron chi connectivity index (χ3n) is 4.81. The molecule has 4 heteroatoms. The summed E-state index contributed by atoms with van der Waals surface area (Å²) >= 11 is 0. The van der Waals surface area contributed by atoms with Gasteiger partial charge >= 0.3 is 0 Å². The third kappa shape index (κ3) is 2.33. The standard InChI is InChI=1S/C15H24N2O2/c1-16-14(13-4-9-19-12-13)15(5-2-3-6-15)17-7-10-18-11-8-17/h4,9,12,14,16H,2-3,5-8,10-11H2,1H3. The van der Waals surface area contributed by atoms with Crippen LogP contribution in [0.1, 0.15) is 37.3 Å². The fraction of sp³-hybridized carbons (Fsp3) is 0.733. The summed E-state index contributed by atoms with van der Waals surface area (Å²) in [5.74, 6) is 0. The van der Waals surface area contributed by atoms with Crippen molar-refractivity contribution in [2.45, 2.75) is 37.3 Å². The van der Waals surface area contributed by atoms with Crippen LogP contribution in [0.5, 0.6) is 0 Å². The Morgan fingerprint density at radius 2 is 2.00 bits per heavy atom. The number of nitrogens with one attached hydrogen (secondary N) is 1. The molecule has 2 fully saturated rings. The van der Waals surface area contributed by atoms with Gasteiger partial charge in [-0.25, -0.2) is 0 Å². The van der Waals surface area contributed by atoms with Crippen LogP contribution < -0.4 is 5.32 Å². The molecule has 1 saturated heterocycles. The van der Waals surface area contributed by atoms with Crippen molar-refractivity contribution in [3.05, 3.63) is 24.2 Å². The first kappa shape index (κ1) is 13.2. The van der Waals surface area contributed by atoms with Crippen LogP contribution in [0.2, 0.25) is 0 Å². The van der Waals surface area contributed by atoms with Gasteiger partial charge in [-0.1, -0.05) is 12.8 Å². The van der Waals surface area contributed by atoms with Gasteiger partial charge in [-0.05, 0) is 26.0 Å². The summed E-state index contributed by atoms with van der Waals surface area (Å²) in [6.07, 6.45) is 8.86. The molecule has 0 radical (unpaired) electrons. The Hall–Kier alpha value is -0.840. The van der Waals surface area contributed by atoms with Crippen molar-refractivity contribution in [1.82, 2.24) is 10.2 Å². The first-order chi connectivity index (χ1) is 9.37. The maximum atomic E-state index is 5.53. The van der Waals surface area contributed by atoms with E-state index in [1.807, 2.05) is 6.26 Å². The number of hydrogen-bond donors (Lipinski definition) is 1. The lowest BCUT2D eigenvalue weighted by atomic mass is 9.82. The molecule has 19 heavy (non-hydrogen) atoms. The quantitative estimate of drug-likeness (QED) is 0.904. The molecule has 0 bridgehead atoms. The lowest BCUT2D eigenvalue weighted by Crippen LogP contribution is -2.57. The van der Waals surface area contributed by atoms with Gasteiger partial charge in [0.05, 0.1) is 31.8 Å². The molecule has 2 aliphatic rings. The SMILES string of the molecule is CNC(c1ccoc1)C1(N2CCOCC2)CCCC1. The van der Waals surface area contributed by atoms with Crippen molar-refractivity contribution in [1.29, 1.82) is 0 Å². The molecule has 1 aromatic heterocycles. The largest absolute Gasteiger partial charge is 0.472 e. The van der Waals surface area contributed by atoms with Gasteiger partial charge in [-0.15, -0.1) is 0 Å². The monoisotopic (exact) mass is 264 g/mol. The summed E-state index contributed by atoms with van der Waals surface area (Å²) in [5.41, 5.74) is 1.51. The van der Waals surface area contributed by atoms with Crippen molar-refractivity contribution in [2.24, 2.45) is 0 Å². The molecule has 0 spiro atoms. The molecular weight excluding hydrogens is 240 g/mol. The van der Waals surface area contributed by atoms with E-state index in [0.29, 0.717) is 6.04 Å². The minimum absolute atomic E-state index is 0.238. The highest BCUT2D eigenvalue weighted by Crippen LogP contribution is 2.44. The van der Waals surface area contributed by atoms with E-state index in [1.54, 1.807) is 6.26 Å². The summed E-state index contributed by atoms with van der Waals surface area (Å²) < 4.78 is 10.8. The van der Waals surface area contributed by atoms with E-state index in [4.69, 9.17) is 9.15 Å². The Morgan fingerprint density at radius 1 is 1.26 bits per heavy atom. The van der Waals surface area contributed by atoms with E-state index < -0.39 is 0 Å². The lowest BCUT2D eigenvalue weighted by molar-refractivity contribution is -0.0354. The molecule has 1 aliphatic carbocycles. The molecule has 4 nitrogen and oxygen atoms in total. The van der Waals surface area contributed by atoms with Gasteiger partial charge in [0.25, 0.3) is 0 Å². The zero-order valence-corrected chi connectivity index (χ0v) is 11.7. The van der Waals surface area contributed by atoms with Crippen molar-refractivity contribution in [3.63, 3.8) is 0 Å². The normalized spacial score (nSPS) is 25.5. The van der Waals surface area contributed by atoms with Crippen LogP contribution in [0.25, 0.3) is 0 Å². The van der Waals surface area contributed by atoms with E-state index in [2.05, 4.69) is 23.3 Å². The van der Waals surface area contributed by atoms with Gasteiger partial charge in [0, 0.05) is 24.2 Å². The molecule has 1 saturated carbocycles. The second-order valence-electron chi connectivity index (χ2n) is 5.69. The molecule has 0 aromatic carbocycles. The van der Waals surface area contributed by atoms with Crippen LogP contribution >= 0.6 is 0 Å². The smallest absolute Gasteiger partial charge is 0.0951 e. The number of furan rings is 1. The van der Waals surface area contributed by atoms with Crippen molar-refractivity contribution in [2.75, 3.05) is 33.4 Å². The highest BCUT2D eigenvalue weighted by molar-refractivity contribution is 5.20. The number of hydrogen-bond acceptors (Lipinski definition) is 4. The topological polar surface area (TPSA) is 37.6 Å². The maximum Gasteiger partial charge on any atom is 0.0951 e. The van der Waals surface area contributed by atoms with Gasteiger partial charge in [-0.3, -0.25) is 4.90 Å². The van der Waals surface area contributed by atoms with Crippen LogP contribution in [-0.4, -0.2) is 43.8 Å². The first-order valence-corrected chi connectivity index (χ1v) is 7.39. The summed E-state index contributed by atoms with van der Waals surface area (Å²) in [5, 5.41) is 3.54. The Kier molecular flexibility index (Phi) is 3.91. The van der Waals surface area contributed by atoms with E-state index >= 15 is 0 Å². The lowest BCUT2D eigenvalue weighted by Gasteiger charge is -2.48. The summed E-state index contributed by atoms with van der Waals surface area (Å²) in [6, 6.07) is 2.45. The third-order valence-corrected chi connectivity index (χ3v) is 4.81. The number of rotatable bonds is 4. The molecule has 0 amide bonds. The van der Waals surface area contributed by atoms with E-state index in [-0.39, 0.29) is 5.54 Å². The predicted octanol–water partition coefficient (Wildman–Crippen LogP) is 2.19. The molecule has 1 aliphatic heterocycles. The minimum atomic E-state index is 0.238. The fourth-order valence-corrected chi connectivity index (χ4v) is 3.97. The highest BCUT2D eigenvalue weighted by Gasteiger charge is 2.46. The number of likely N-dealkylation sites (N-methyl/N-ethyl adjacent to an activating group) is 1. The Labute approximate surface area is 115 Å². The van der Waals surface area contributed by atoms with Gasteiger partial charge in [0.1, 0.15) is 0 Å². The van der Waals surface area contributed by atoms with Crippen molar-refractivity contribution >= 4 is 0 Å². The number of morpholine rings is 1. The van der Waals surface area contributed by atoms with Gasteiger partial charge in [-0.2, -0.15) is 0 Å². The Bertz CT molecular complexity index is 379. The molecule has 1 aromatic rings. The second-order valence-corrected chi connectivity index (χ2v) is 5.69. The second kappa shape index (κ2) is 5.65. The number of ether oxygens (including phenoxy) is 1. The van der Waals surface area contributed by atoms with Gasteiger partial charge in [0.2, 0.25) is 0 Å². The zero-order chi connectivity index (χ0) is 13.1. The Balaban J connectivity index is 1.89. The molecule has 1 atom stereocenters. The fourth-order valence-electron chi connectivity index (χ4n) is 3.97. The van der Waals surface area contributed by atoms with E-state index in [9.17, 15) is 0 Å². The molecular formula is C15H24N2O2. The average Bonchev–Trinajstić information content (AvgIpc) is 3.13. The first-order valence-electron chi connectivity index (χ1n) is 7.39. The van der Waals surface area contributed by atoms with Crippen LogP contribution in [0.3, 0.4) is 0 Å². The zero-order valence-electron chi connectivity index (χ0n) is 11.7. The van der Waals surface area contributed by atoms with Crippen molar-refractivity contribution in [3.8, 4) is 0 Å². The van der Waals surface area contributed by atoms with E-state index in [0.717, 1.165) is 26.3 Å². The summed E-state index contributed by atoms with van der Waals surface area (Å²) in [6.45, 7) is 3.83. The average molecular weight is 264 g/mol. The number of nitrogens with zero attached hydrogens (tertiary/aromatic N) is 1. The van der Waals surface area contributed by atoms with Crippen LogP contribution in [-0.2, 0) is 4.74 Å². The molecule has 1 unspecified atom stereocenters. The van der Waals surface area contributed by atoms with Gasteiger partial charge in [0.15, 0.2) is 0 Å². The van der Waals surface area contributed by atoms with E-state index in [1.165, 1.54) is 31.2 Å². The minimum Gasteiger partial charge on any atom is -0.472 e. The maximum absolute atomic E-state index is 5.53. The molecule has 1 N–H and O–H groups in total. The molecule has 106 valence electrons. The van der Waals surface area contributed by atoms with Gasteiger partial charge < -0.3 is 14.5 Å². The molecule has 2 heterocycles. The Morgan fingerprint density at radius 3 is 2.58 bits per heavy atom. The van der Waals surface area contributed by atoms with Crippen molar-refractivity contribution < 1.29 is 9.15 Å². The van der Waals surface area contributed by atoms with Crippen LogP contribution in [0.15, 0.2) is 23.0 Å².